The second-order valence-corrected chi connectivity index (χ2v) is 6.12. The highest BCUT2D eigenvalue weighted by Crippen LogP contribution is 2.22. The Hall–Kier alpha value is -2.10. The van der Waals surface area contributed by atoms with Crippen molar-refractivity contribution in [3.63, 3.8) is 0 Å². The van der Waals surface area contributed by atoms with Gasteiger partial charge in [-0.1, -0.05) is 51.1 Å². The van der Waals surface area contributed by atoms with Crippen LogP contribution in [0.1, 0.15) is 46.1 Å². The van der Waals surface area contributed by atoms with Crippen molar-refractivity contribution in [1.82, 2.24) is 0 Å². The quantitative estimate of drug-likeness (QED) is 0.501. The molecule has 0 radical (unpaired) electrons. The molecule has 0 amide bonds. The first-order valence-corrected chi connectivity index (χ1v) is 8.58. The van der Waals surface area contributed by atoms with Crippen LogP contribution in [-0.2, 0) is 19.1 Å². The fraction of sp³-hybridized carbons (Fsp3) is 0.500. The second kappa shape index (κ2) is 10.6. The van der Waals surface area contributed by atoms with E-state index in [1.807, 2.05) is 51.1 Å². The van der Waals surface area contributed by atoms with Crippen LogP contribution in [0.2, 0.25) is 0 Å². The zero-order chi connectivity index (χ0) is 17.9. The van der Waals surface area contributed by atoms with E-state index < -0.39 is 18.0 Å². The summed E-state index contributed by atoms with van der Waals surface area (Å²) in [5, 5.41) is 0. The lowest BCUT2D eigenvalue weighted by molar-refractivity contribution is -0.160. The average Bonchev–Trinajstić information content (AvgIpc) is 2.57. The third-order valence-electron chi connectivity index (χ3n) is 3.64. The van der Waals surface area contributed by atoms with Crippen molar-refractivity contribution < 1.29 is 19.1 Å². The number of esters is 2. The number of benzene rings is 1. The minimum Gasteiger partial charge on any atom is -0.466 e. The van der Waals surface area contributed by atoms with Crippen LogP contribution in [0.25, 0.3) is 6.08 Å². The minimum absolute atomic E-state index is 0.294. The lowest BCUT2D eigenvalue weighted by atomic mass is 9.90. The summed E-state index contributed by atoms with van der Waals surface area (Å²) in [6.07, 6.45) is 3.83. The molecule has 2 atom stereocenters. The number of hydrogen-bond donors (Lipinski definition) is 0. The first kappa shape index (κ1) is 19.9. The van der Waals surface area contributed by atoms with Crippen LogP contribution in [0.3, 0.4) is 0 Å². The molecule has 0 aliphatic carbocycles. The summed E-state index contributed by atoms with van der Waals surface area (Å²) in [6, 6.07) is 9.53. The normalized spacial score (nSPS) is 13.7. The van der Waals surface area contributed by atoms with Gasteiger partial charge in [0.1, 0.15) is 6.10 Å². The monoisotopic (exact) mass is 332 g/mol. The summed E-state index contributed by atoms with van der Waals surface area (Å²) in [4.78, 5) is 24.3. The molecular weight excluding hydrogens is 304 g/mol. The molecule has 0 saturated carbocycles. The number of rotatable bonds is 9. The van der Waals surface area contributed by atoms with Gasteiger partial charge in [-0.05, 0) is 37.3 Å². The van der Waals surface area contributed by atoms with Gasteiger partial charge in [-0.2, -0.15) is 0 Å². The van der Waals surface area contributed by atoms with Crippen molar-refractivity contribution in [2.75, 3.05) is 6.61 Å². The van der Waals surface area contributed by atoms with E-state index in [0.717, 1.165) is 5.56 Å². The van der Waals surface area contributed by atoms with Gasteiger partial charge in [0.05, 0.1) is 12.5 Å². The number of ether oxygens (including phenoxy) is 2. The van der Waals surface area contributed by atoms with E-state index in [-0.39, 0.29) is 5.97 Å². The van der Waals surface area contributed by atoms with Gasteiger partial charge in [-0.15, -0.1) is 0 Å². The van der Waals surface area contributed by atoms with Crippen LogP contribution < -0.4 is 0 Å². The van der Waals surface area contributed by atoms with Crippen molar-refractivity contribution >= 4 is 18.0 Å². The van der Waals surface area contributed by atoms with E-state index in [2.05, 4.69) is 0 Å². The molecule has 4 nitrogen and oxygen atoms in total. The van der Waals surface area contributed by atoms with Crippen LogP contribution >= 0.6 is 0 Å². The summed E-state index contributed by atoms with van der Waals surface area (Å²) >= 11 is 0. The molecule has 2 unspecified atom stereocenters. The smallest absolute Gasteiger partial charge is 0.331 e. The topological polar surface area (TPSA) is 52.6 Å². The number of hydrogen-bond acceptors (Lipinski definition) is 4. The highest BCUT2D eigenvalue weighted by atomic mass is 16.6. The van der Waals surface area contributed by atoms with Crippen LogP contribution in [0, 0.1) is 11.8 Å². The van der Waals surface area contributed by atoms with Gasteiger partial charge in [0.15, 0.2) is 0 Å². The largest absolute Gasteiger partial charge is 0.466 e. The minimum atomic E-state index is -0.473. The standard InChI is InChI=1S/C20H28O4/c1-5-18(17(14-15(3)4)20(22)23-6-2)24-19(21)13-12-16-10-8-7-9-11-16/h7-13,15,17-18H,5-6,14H2,1-4H3/b13-12+. The summed E-state index contributed by atoms with van der Waals surface area (Å²) < 4.78 is 10.7. The predicted molar refractivity (Wildman–Crippen MR) is 95.2 cm³/mol. The van der Waals surface area contributed by atoms with E-state index in [9.17, 15) is 9.59 Å². The second-order valence-electron chi connectivity index (χ2n) is 6.12. The Balaban J connectivity index is 2.75. The predicted octanol–water partition coefficient (Wildman–Crippen LogP) is 4.25. The summed E-state index contributed by atoms with van der Waals surface area (Å²) in [7, 11) is 0. The maximum atomic E-state index is 12.2. The molecule has 0 heterocycles. The molecular formula is C20H28O4. The Morgan fingerprint density at radius 3 is 2.33 bits per heavy atom. The molecule has 0 aliphatic heterocycles. The third kappa shape index (κ3) is 6.99. The van der Waals surface area contributed by atoms with E-state index >= 15 is 0 Å². The van der Waals surface area contributed by atoms with Gasteiger partial charge in [-0.3, -0.25) is 4.79 Å². The maximum absolute atomic E-state index is 12.2. The highest BCUT2D eigenvalue weighted by Gasteiger charge is 2.31. The maximum Gasteiger partial charge on any atom is 0.331 e. The van der Waals surface area contributed by atoms with Gasteiger partial charge in [-0.25, -0.2) is 4.79 Å². The molecule has 0 fully saturated rings. The molecule has 1 aromatic rings. The Morgan fingerprint density at radius 2 is 1.79 bits per heavy atom. The summed E-state index contributed by atoms with van der Waals surface area (Å²) in [6.45, 7) is 8.09. The Bertz CT molecular complexity index is 534. The molecule has 132 valence electrons. The molecule has 0 N–H and O–H groups in total. The zero-order valence-corrected chi connectivity index (χ0v) is 15.0. The highest BCUT2D eigenvalue weighted by molar-refractivity contribution is 5.87. The molecule has 0 saturated heterocycles. The van der Waals surface area contributed by atoms with E-state index in [4.69, 9.17) is 9.47 Å². The van der Waals surface area contributed by atoms with Gasteiger partial charge < -0.3 is 9.47 Å². The molecule has 1 aromatic carbocycles. The number of carbonyl (C=O) groups excluding carboxylic acids is 2. The van der Waals surface area contributed by atoms with Crippen molar-refractivity contribution in [3.05, 3.63) is 42.0 Å². The Kier molecular flexibility index (Phi) is 8.84. The third-order valence-corrected chi connectivity index (χ3v) is 3.64. The SMILES string of the molecule is CCOC(=O)C(CC(C)C)C(CC)OC(=O)/C=C/c1ccccc1. The van der Waals surface area contributed by atoms with Gasteiger partial charge in [0, 0.05) is 6.08 Å². The molecule has 0 aromatic heterocycles. The Labute approximate surface area is 144 Å². The van der Waals surface area contributed by atoms with Gasteiger partial charge >= 0.3 is 11.9 Å². The lowest BCUT2D eigenvalue weighted by Gasteiger charge is -2.25. The van der Waals surface area contributed by atoms with Crippen molar-refractivity contribution in [1.29, 1.82) is 0 Å². The van der Waals surface area contributed by atoms with E-state index in [1.165, 1.54) is 6.08 Å². The average molecular weight is 332 g/mol. The van der Waals surface area contributed by atoms with Gasteiger partial charge in [0.2, 0.25) is 0 Å². The van der Waals surface area contributed by atoms with Crippen LogP contribution in [-0.4, -0.2) is 24.6 Å². The molecule has 24 heavy (non-hydrogen) atoms. The van der Waals surface area contributed by atoms with Gasteiger partial charge in [0.25, 0.3) is 0 Å². The summed E-state index contributed by atoms with van der Waals surface area (Å²) in [5.74, 6) is -0.849. The Morgan fingerprint density at radius 1 is 1.12 bits per heavy atom. The molecule has 1 rings (SSSR count). The van der Waals surface area contributed by atoms with Crippen LogP contribution in [0.15, 0.2) is 36.4 Å². The van der Waals surface area contributed by atoms with Crippen LogP contribution in [0.5, 0.6) is 0 Å². The fourth-order valence-electron chi connectivity index (χ4n) is 2.52. The summed E-state index contributed by atoms with van der Waals surface area (Å²) in [5.41, 5.74) is 0.923. The molecule has 0 aliphatic rings. The first-order valence-electron chi connectivity index (χ1n) is 8.58. The first-order chi connectivity index (χ1) is 11.5. The number of carbonyl (C=O) groups is 2. The van der Waals surface area contributed by atoms with Crippen LogP contribution in [0.4, 0.5) is 0 Å². The van der Waals surface area contributed by atoms with Crippen molar-refractivity contribution in [2.24, 2.45) is 11.8 Å². The van der Waals surface area contributed by atoms with Crippen molar-refractivity contribution in [3.8, 4) is 0 Å². The van der Waals surface area contributed by atoms with E-state index in [1.54, 1.807) is 13.0 Å². The lowest BCUT2D eigenvalue weighted by Crippen LogP contribution is -2.34. The molecule has 0 bridgehead atoms. The fourth-order valence-corrected chi connectivity index (χ4v) is 2.52. The molecule has 4 heteroatoms. The van der Waals surface area contributed by atoms with Crippen molar-refractivity contribution in [2.45, 2.75) is 46.6 Å². The van der Waals surface area contributed by atoms with E-state index in [0.29, 0.717) is 25.4 Å². The molecule has 0 spiro atoms. The zero-order valence-electron chi connectivity index (χ0n) is 15.0.